The van der Waals surface area contributed by atoms with E-state index in [-0.39, 0.29) is 11.5 Å². The second-order valence-electron chi connectivity index (χ2n) is 9.04. The average molecular weight is 442 g/mol. The van der Waals surface area contributed by atoms with Gasteiger partial charge >= 0.3 is 0 Å². The van der Waals surface area contributed by atoms with Gasteiger partial charge in [0.1, 0.15) is 12.2 Å². The molecular weight excluding hydrogens is 410 g/mol. The van der Waals surface area contributed by atoms with Crippen molar-refractivity contribution in [3.8, 4) is 5.75 Å². The first-order valence-electron chi connectivity index (χ1n) is 11.4. The molecule has 7 heteroatoms. The maximum Gasteiger partial charge on any atom is 0.152 e. The number of fused-ring (bicyclic) bond motifs is 3. The van der Waals surface area contributed by atoms with Gasteiger partial charge in [-0.1, -0.05) is 17.7 Å². The van der Waals surface area contributed by atoms with E-state index < -0.39 is 9.84 Å². The summed E-state index contributed by atoms with van der Waals surface area (Å²) in [5, 5.41) is 1.11. The Balaban J connectivity index is 1.35. The standard InChI is InChI=1S/C24H31N3O3S/c28-31(29)13-11-26(12-14-31)16-20-15-21-17-27(10-8-19-5-2-1-3-6-19)18-30-24(21)23-22(20)7-4-9-25-23/h4-5,7,9,15H,1-3,6,8,10-14,16-18H2. The molecule has 0 amide bonds. The SMILES string of the molecule is O=S1(=O)CCN(Cc2cc3c(c4ncccc24)OCN(CCC2=CCCCC2)C3)CC1. The second-order valence-corrected chi connectivity index (χ2v) is 11.3. The molecule has 1 aromatic carbocycles. The van der Waals surface area contributed by atoms with E-state index in [0.717, 1.165) is 42.7 Å². The maximum absolute atomic E-state index is 11.8. The van der Waals surface area contributed by atoms with Crippen LogP contribution in [-0.2, 0) is 22.9 Å². The Labute approximate surface area is 184 Å². The third kappa shape index (κ3) is 4.78. The lowest BCUT2D eigenvalue weighted by Gasteiger charge is -2.31. The van der Waals surface area contributed by atoms with E-state index in [0.29, 0.717) is 19.8 Å². The molecule has 0 N–H and O–H groups in total. The van der Waals surface area contributed by atoms with Crippen molar-refractivity contribution in [3.05, 3.63) is 47.2 Å². The fourth-order valence-corrected chi connectivity index (χ4v) is 6.21. The molecular formula is C24H31N3O3S. The second kappa shape index (κ2) is 8.88. The van der Waals surface area contributed by atoms with Gasteiger partial charge in [0.2, 0.25) is 0 Å². The van der Waals surface area contributed by atoms with Crippen LogP contribution in [0.1, 0.15) is 43.2 Å². The molecule has 0 saturated carbocycles. The summed E-state index contributed by atoms with van der Waals surface area (Å²) in [5.74, 6) is 1.41. The van der Waals surface area contributed by atoms with Gasteiger partial charge in [0.05, 0.1) is 11.5 Å². The number of ether oxygens (including phenoxy) is 1. The highest BCUT2D eigenvalue weighted by atomic mass is 32.2. The Kier molecular flexibility index (Phi) is 5.99. The molecule has 0 unspecified atom stereocenters. The molecule has 0 spiro atoms. The summed E-state index contributed by atoms with van der Waals surface area (Å²) in [6.07, 6.45) is 10.5. The van der Waals surface area contributed by atoms with Crippen LogP contribution in [-0.4, -0.2) is 61.1 Å². The van der Waals surface area contributed by atoms with E-state index in [1.807, 2.05) is 12.3 Å². The van der Waals surface area contributed by atoms with Gasteiger partial charge in [0.15, 0.2) is 15.6 Å². The Morgan fingerprint density at radius 3 is 2.81 bits per heavy atom. The zero-order chi connectivity index (χ0) is 21.3. The van der Waals surface area contributed by atoms with Crippen LogP contribution in [0, 0.1) is 0 Å². The molecule has 1 aliphatic carbocycles. The van der Waals surface area contributed by atoms with Gasteiger partial charge in [-0.2, -0.15) is 0 Å². The van der Waals surface area contributed by atoms with Crippen molar-refractivity contribution in [2.45, 2.75) is 45.2 Å². The van der Waals surface area contributed by atoms with E-state index in [9.17, 15) is 8.42 Å². The highest BCUT2D eigenvalue weighted by Gasteiger charge is 2.25. The van der Waals surface area contributed by atoms with Crippen LogP contribution >= 0.6 is 0 Å². The molecule has 6 nitrogen and oxygen atoms in total. The van der Waals surface area contributed by atoms with Crippen molar-refractivity contribution >= 4 is 20.7 Å². The molecule has 2 aromatic rings. The lowest BCUT2D eigenvalue weighted by molar-refractivity contribution is 0.0976. The summed E-state index contributed by atoms with van der Waals surface area (Å²) in [4.78, 5) is 9.27. The van der Waals surface area contributed by atoms with E-state index in [1.165, 1.54) is 36.8 Å². The largest absolute Gasteiger partial charge is 0.475 e. The topological polar surface area (TPSA) is 62.7 Å². The van der Waals surface area contributed by atoms with Crippen LogP contribution in [0.4, 0.5) is 0 Å². The number of sulfone groups is 1. The Morgan fingerprint density at radius 2 is 2.00 bits per heavy atom. The molecule has 0 atom stereocenters. The van der Waals surface area contributed by atoms with E-state index in [4.69, 9.17) is 4.74 Å². The zero-order valence-electron chi connectivity index (χ0n) is 18.1. The summed E-state index contributed by atoms with van der Waals surface area (Å²) in [6, 6.07) is 6.32. The van der Waals surface area contributed by atoms with Crippen molar-refractivity contribution in [1.82, 2.24) is 14.8 Å². The number of pyridine rings is 1. The molecule has 2 aliphatic heterocycles. The minimum atomic E-state index is -2.87. The van der Waals surface area contributed by atoms with Crippen LogP contribution in [0.3, 0.4) is 0 Å². The van der Waals surface area contributed by atoms with E-state index >= 15 is 0 Å². The van der Waals surface area contributed by atoms with Crippen molar-refractivity contribution < 1.29 is 13.2 Å². The fraction of sp³-hybridized carbons (Fsp3) is 0.542. The third-order valence-corrected chi connectivity index (χ3v) is 8.37. The molecule has 3 heterocycles. The van der Waals surface area contributed by atoms with Crippen molar-refractivity contribution in [3.63, 3.8) is 0 Å². The fourth-order valence-electron chi connectivity index (χ4n) is 4.93. The Bertz CT molecular complexity index is 1080. The van der Waals surface area contributed by atoms with Crippen LogP contribution in [0.25, 0.3) is 10.9 Å². The number of benzene rings is 1. The molecule has 3 aliphatic rings. The predicted molar refractivity (Wildman–Crippen MR) is 123 cm³/mol. The summed E-state index contributed by atoms with van der Waals surface area (Å²) in [6.45, 7) is 4.44. The first kappa shape index (κ1) is 20.9. The van der Waals surface area contributed by atoms with E-state index in [2.05, 4.69) is 33.0 Å². The number of hydrogen-bond acceptors (Lipinski definition) is 6. The quantitative estimate of drug-likeness (QED) is 0.662. The van der Waals surface area contributed by atoms with Gasteiger partial charge in [-0.25, -0.2) is 8.42 Å². The van der Waals surface area contributed by atoms with Gasteiger partial charge in [0, 0.05) is 49.9 Å². The van der Waals surface area contributed by atoms with Crippen LogP contribution in [0.5, 0.6) is 5.75 Å². The molecule has 1 saturated heterocycles. The normalized spacial score (nSPS) is 22.0. The zero-order valence-corrected chi connectivity index (χ0v) is 18.9. The van der Waals surface area contributed by atoms with Gasteiger partial charge in [-0.05, 0) is 49.8 Å². The van der Waals surface area contributed by atoms with Gasteiger partial charge in [-0.15, -0.1) is 0 Å². The van der Waals surface area contributed by atoms with Crippen LogP contribution in [0.15, 0.2) is 36.0 Å². The van der Waals surface area contributed by atoms with Crippen molar-refractivity contribution in [2.75, 3.05) is 37.9 Å². The van der Waals surface area contributed by atoms with Crippen LogP contribution < -0.4 is 4.74 Å². The summed E-state index contributed by atoms with van der Waals surface area (Å²) in [5.41, 5.74) is 4.92. The number of hydrogen-bond donors (Lipinski definition) is 0. The molecule has 1 fully saturated rings. The predicted octanol–water partition coefficient (Wildman–Crippen LogP) is 3.51. The van der Waals surface area contributed by atoms with E-state index in [1.54, 1.807) is 5.57 Å². The lowest BCUT2D eigenvalue weighted by atomic mass is 9.97. The molecule has 31 heavy (non-hydrogen) atoms. The number of aromatic nitrogens is 1. The smallest absolute Gasteiger partial charge is 0.152 e. The monoisotopic (exact) mass is 441 g/mol. The Morgan fingerprint density at radius 1 is 1.13 bits per heavy atom. The number of allylic oxidation sites excluding steroid dienone is 1. The van der Waals surface area contributed by atoms with Gasteiger partial charge in [0.25, 0.3) is 0 Å². The minimum Gasteiger partial charge on any atom is -0.475 e. The number of nitrogens with zero attached hydrogens (tertiary/aromatic N) is 3. The molecule has 0 radical (unpaired) electrons. The first-order chi connectivity index (χ1) is 15.1. The van der Waals surface area contributed by atoms with Crippen LogP contribution in [0.2, 0.25) is 0 Å². The highest BCUT2D eigenvalue weighted by molar-refractivity contribution is 7.91. The number of rotatable bonds is 5. The third-order valence-electron chi connectivity index (χ3n) is 6.76. The molecule has 0 bridgehead atoms. The molecule has 5 rings (SSSR count). The van der Waals surface area contributed by atoms with Crippen molar-refractivity contribution in [1.29, 1.82) is 0 Å². The lowest BCUT2D eigenvalue weighted by Crippen LogP contribution is -2.39. The average Bonchev–Trinajstić information content (AvgIpc) is 2.80. The van der Waals surface area contributed by atoms with Gasteiger partial charge < -0.3 is 4.74 Å². The maximum atomic E-state index is 11.8. The van der Waals surface area contributed by atoms with Gasteiger partial charge in [-0.3, -0.25) is 14.8 Å². The molecule has 166 valence electrons. The first-order valence-corrected chi connectivity index (χ1v) is 13.2. The summed E-state index contributed by atoms with van der Waals surface area (Å²) in [7, 11) is -2.87. The summed E-state index contributed by atoms with van der Waals surface area (Å²) < 4.78 is 29.8. The summed E-state index contributed by atoms with van der Waals surface area (Å²) >= 11 is 0. The van der Waals surface area contributed by atoms with Crippen molar-refractivity contribution in [2.24, 2.45) is 0 Å². The minimum absolute atomic E-state index is 0.251. The Hall–Kier alpha value is -1.96. The highest BCUT2D eigenvalue weighted by Crippen LogP contribution is 2.35. The molecule has 1 aromatic heterocycles.